The molecule has 0 bridgehead atoms. The lowest BCUT2D eigenvalue weighted by molar-refractivity contribution is 0.199. The molecule has 0 saturated carbocycles. The largest absolute Gasteiger partial charge is 0.354 e. The molecule has 106 valence electrons. The minimum atomic E-state index is 0.195. The molecule has 0 amide bonds. The summed E-state index contributed by atoms with van der Waals surface area (Å²) in [6.07, 6.45) is 2.86. The van der Waals surface area contributed by atoms with Gasteiger partial charge in [0.25, 0.3) is 0 Å². The maximum Gasteiger partial charge on any atom is 0.128 e. The zero-order valence-electron chi connectivity index (χ0n) is 12.3. The zero-order chi connectivity index (χ0) is 13.8. The van der Waals surface area contributed by atoms with Crippen LogP contribution >= 0.6 is 0 Å². The lowest BCUT2D eigenvalue weighted by Crippen LogP contribution is -2.51. The Morgan fingerprint density at radius 3 is 2.74 bits per heavy atom. The fraction of sp³-hybridized carbons (Fsp3) is 0.667. The van der Waals surface area contributed by atoms with Crippen LogP contribution in [0.5, 0.6) is 0 Å². The minimum Gasteiger partial charge on any atom is -0.354 e. The molecule has 19 heavy (non-hydrogen) atoms. The van der Waals surface area contributed by atoms with E-state index in [2.05, 4.69) is 40.8 Å². The summed E-state index contributed by atoms with van der Waals surface area (Å²) in [5.74, 6) is 1.09. The van der Waals surface area contributed by atoms with E-state index in [0.29, 0.717) is 6.04 Å². The van der Waals surface area contributed by atoms with Gasteiger partial charge in [-0.25, -0.2) is 4.98 Å². The van der Waals surface area contributed by atoms with Gasteiger partial charge in [0.1, 0.15) is 5.82 Å². The highest BCUT2D eigenvalue weighted by atomic mass is 15.3. The van der Waals surface area contributed by atoms with Gasteiger partial charge in [-0.15, -0.1) is 0 Å². The molecular weight excluding hydrogens is 236 g/mol. The van der Waals surface area contributed by atoms with Crippen LogP contribution in [0.15, 0.2) is 18.3 Å². The summed E-state index contributed by atoms with van der Waals surface area (Å²) in [6, 6.07) is 5.08. The van der Waals surface area contributed by atoms with Gasteiger partial charge < -0.3 is 10.6 Å². The first kappa shape index (κ1) is 14.3. The molecule has 2 N–H and O–H groups in total. The molecule has 2 atom stereocenters. The van der Waals surface area contributed by atoms with Crippen molar-refractivity contribution >= 4 is 5.82 Å². The van der Waals surface area contributed by atoms with Crippen LogP contribution < -0.4 is 10.6 Å². The average molecular weight is 262 g/mol. The van der Waals surface area contributed by atoms with Crippen molar-refractivity contribution in [3.63, 3.8) is 0 Å². The molecule has 0 aromatic carbocycles. The highest BCUT2D eigenvalue weighted by Crippen LogP contribution is 2.17. The van der Waals surface area contributed by atoms with Crippen molar-refractivity contribution in [1.29, 1.82) is 0 Å². The summed E-state index contributed by atoms with van der Waals surface area (Å²) in [6.45, 7) is 10.9. The molecule has 1 fully saturated rings. The van der Waals surface area contributed by atoms with Crippen LogP contribution in [-0.2, 0) is 6.42 Å². The number of anilines is 1. The van der Waals surface area contributed by atoms with E-state index in [1.165, 1.54) is 5.56 Å². The SMILES string of the molecule is CCN1CCN(c2ccc(CC(C)N)cn2)CC1C. The van der Waals surface area contributed by atoms with Gasteiger partial charge in [-0.3, -0.25) is 4.90 Å². The van der Waals surface area contributed by atoms with Gasteiger partial charge in [0.2, 0.25) is 0 Å². The fourth-order valence-corrected chi connectivity index (χ4v) is 2.77. The zero-order valence-corrected chi connectivity index (χ0v) is 12.3. The molecule has 1 aromatic rings. The van der Waals surface area contributed by atoms with E-state index in [9.17, 15) is 0 Å². The highest BCUT2D eigenvalue weighted by molar-refractivity contribution is 5.40. The number of piperazine rings is 1. The summed E-state index contributed by atoms with van der Waals surface area (Å²) >= 11 is 0. The van der Waals surface area contributed by atoms with E-state index >= 15 is 0 Å². The van der Waals surface area contributed by atoms with Gasteiger partial charge >= 0.3 is 0 Å². The fourth-order valence-electron chi connectivity index (χ4n) is 2.77. The smallest absolute Gasteiger partial charge is 0.128 e. The summed E-state index contributed by atoms with van der Waals surface area (Å²) in [4.78, 5) is 9.49. The van der Waals surface area contributed by atoms with E-state index in [-0.39, 0.29) is 6.04 Å². The Balaban J connectivity index is 1.99. The minimum absolute atomic E-state index is 0.195. The van der Waals surface area contributed by atoms with Crippen LogP contribution in [0.2, 0.25) is 0 Å². The number of pyridine rings is 1. The standard InChI is InChI=1S/C15H26N4/c1-4-18-7-8-19(11-13(18)3)15-6-5-14(10-17-15)9-12(2)16/h5-6,10,12-13H,4,7-9,11,16H2,1-3H3. The molecule has 1 aliphatic rings. The Kier molecular flexibility index (Phi) is 4.77. The first-order valence-electron chi connectivity index (χ1n) is 7.29. The van der Waals surface area contributed by atoms with E-state index in [1.807, 2.05) is 13.1 Å². The van der Waals surface area contributed by atoms with E-state index in [1.54, 1.807) is 0 Å². The first-order chi connectivity index (χ1) is 9.10. The van der Waals surface area contributed by atoms with E-state index < -0.39 is 0 Å². The quantitative estimate of drug-likeness (QED) is 0.893. The molecule has 2 unspecified atom stereocenters. The number of aromatic nitrogens is 1. The molecule has 0 radical (unpaired) electrons. The molecule has 4 heteroatoms. The maximum atomic E-state index is 5.81. The predicted molar refractivity (Wildman–Crippen MR) is 80.5 cm³/mol. The van der Waals surface area contributed by atoms with Crippen molar-refractivity contribution in [2.45, 2.75) is 39.3 Å². The van der Waals surface area contributed by atoms with Crippen molar-refractivity contribution in [3.8, 4) is 0 Å². The topological polar surface area (TPSA) is 45.4 Å². The van der Waals surface area contributed by atoms with Gasteiger partial charge in [0.15, 0.2) is 0 Å². The molecule has 1 aliphatic heterocycles. The van der Waals surface area contributed by atoms with Crippen LogP contribution in [0, 0.1) is 0 Å². The number of nitrogens with zero attached hydrogens (tertiary/aromatic N) is 3. The van der Waals surface area contributed by atoms with E-state index in [4.69, 9.17) is 5.73 Å². The Morgan fingerprint density at radius 2 is 2.21 bits per heavy atom. The van der Waals surface area contributed by atoms with Gasteiger partial charge in [-0.1, -0.05) is 13.0 Å². The van der Waals surface area contributed by atoms with Crippen molar-refractivity contribution in [2.75, 3.05) is 31.1 Å². The molecule has 0 aliphatic carbocycles. The number of nitrogens with two attached hydrogens (primary N) is 1. The van der Waals surface area contributed by atoms with Crippen LogP contribution in [0.4, 0.5) is 5.82 Å². The number of rotatable bonds is 4. The van der Waals surface area contributed by atoms with Crippen molar-refractivity contribution < 1.29 is 0 Å². The van der Waals surface area contributed by atoms with E-state index in [0.717, 1.165) is 38.4 Å². The summed E-state index contributed by atoms with van der Waals surface area (Å²) in [7, 11) is 0. The number of hydrogen-bond acceptors (Lipinski definition) is 4. The highest BCUT2D eigenvalue weighted by Gasteiger charge is 2.22. The third kappa shape index (κ3) is 3.67. The lowest BCUT2D eigenvalue weighted by Gasteiger charge is -2.39. The number of likely N-dealkylation sites (N-methyl/N-ethyl adjacent to an activating group) is 1. The molecule has 0 spiro atoms. The second kappa shape index (κ2) is 6.35. The normalized spacial score (nSPS) is 22.5. The third-order valence-corrected chi connectivity index (χ3v) is 3.86. The van der Waals surface area contributed by atoms with Gasteiger partial charge in [-0.2, -0.15) is 0 Å². The van der Waals surface area contributed by atoms with Gasteiger partial charge in [-0.05, 0) is 38.4 Å². The van der Waals surface area contributed by atoms with Crippen molar-refractivity contribution in [3.05, 3.63) is 23.9 Å². The molecule has 1 aromatic heterocycles. The Labute approximate surface area is 116 Å². The Bertz CT molecular complexity index is 388. The van der Waals surface area contributed by atoms with Crippen molar-refractivity contribution in [1.82, 2.24) is 9.88 Å². The third-order valence-electron chi connectivity index (χ3n) is 3.86. The molecule has 4 nitrogen and oxygen atoms in total. The van der Waals surface area contributed by atoms with Crippen molar-refractivity contribution in [2.24, 2.45) is 5.73 Å². The Morgan fingerprint density at radius 1 is 1.42 bits per heavy atom. The summed E-state index contributed by atoms with van der Waals surface area (Å²) < 4.78 is 0. The van der Waals surface area contributed by atoms with Crippen LogP contribution in [-0.4, -0.2) is 48.1 Å². The van der Waals surface area contributed by atoms with Crippen LogP contribution in [0.25, 0.3) is 0 Å². The first-order valence-corrected chi connectivity index (χ1v) is 7.29. The molecule has 1 saturated heterocycles. The molecular formula is C15H26N4. The maximum absolute atomic E-state index is 5.81. The average Bonchev–Trinajstić information content (AvgIpc) is 2.39. The molecule has 2 rings (SSSR count). The predicted octanol–water partition coefficient (Wildman–Crippen LogP) is 1.50. The second-order valence-electron chi connectivity index (χ2n) is 5.63. The Hall–Kier alpha value is -1.13. The second-order valence-corrected chi connectivity index (χ2v) is 5.63. The molecule has 2 heterocycles. The lowest BCUT2D eigenvalue weighted by atomic mass is 10.1. The van der Waals surface area contributed by atoms with Gasteiger partial charge in [0.05, 0.1) is 0 Å². The monoisotopic (exact) mass is 262 g/mol. The van der Waals surface area contributed by atoms with Crippen LogP contribution in [0.3, 0.4) is 0 Å². The summed E-state index contributed by atoms with van der Waals surface area (Å²) in [5, 5.41) is 0. The number of hydrogen-bond donors (Lipinski definition) is 1. The van der Waals surface area contributed by atoms with Crippen LogP contribution in [0.1, 0.15) is 26.3 Å². The van der Waals surface area contributed by atoms with Gasteiger partial charge in [0, 0.05) is 37.9 Å². The summed E-state index contributed by atoms with van der Waals surface area (Å²) in [5.41, 5.74) is 7.03.